The Morgan fingerprint density at radius 1 is 1.46 bits per heavy atom. The van der Waals surface area contributed by atoms with Gasteiger partial charge < -0.3 is 9.84 Å². The van der Waals surface area contributed by atoms with Crippen LogP contribution in [0.5, 0.6) is 0 Å². The number of hydrogen-bond donors (Lipinski definition) is 1. The van der Waals surface area contributed by atoms with Crippen molar-refractivity contribution in [2.45, 2.75) is 46.6 Å². The molecule has 3 heteroatoms. The zero-order chi connectivity index (χ0) is 10.9. The summed E-state index contributed by atoms with van der Waals surface area (Å²) in [6.45, 7) is 8.02. The van der Waals surface area contributed by atoms with Crippen molar-refractivity contribution < 1.29 is 14.6 Å². The smallest absolute Gasteiger partial charge is 0.305 e. The third-order valence-corrected chi connectivity index (χ3v) is 1.96. The van der Waals surface area contributed by atoms with Crippen LogP contribution in [-0.4, -0.2) is 24.3 Å². The van der Waals surface area contributed by atoms with Gasteiger partial charge in [-0.25, -0.2) is 0 Å². The summed E-state index contributed by atoms with van der Waals surface area (Å²) < 4.78 is 5.03. The van der Waals surface area contributed by atoms with E-state index in [1.807, 2.05) is 27.7 Å². The Bertz CT molecular complexity index is 123. The number of aliphatic carboxylic acids is 1. The quantitative estimate of drug-likeness (QED) is 0.724. The third kappa shape index (κ3) is 7.78. The molecule has 13 heavy (non-hydrogen) atoms. The van der Waals surface area contributed by atoms with Gasteiger partial charge in [0.25, 0.3) is 0 Å². The zero-order valence-electron chi connectivity index (χ0n) is 9.33. The lowest BCUT2D eigenvalue weighted by atomic mass is 9.99. The van der Waals surface area contributed by atoms with Crippen LogP contribution in [0.3, 0.4) is 0 Å². The Kier molecular flexibility index (Phi) is 10.9. The van der Waals surface area contributed by atoms with Crippen LogP contribution < -0.4 is 0 Å². The third-order valence-electron chi connectivity index (χ3n) is 1.96. The molecular formula is C10H22O3. The second-order valence-corrected chi connectivity index (χ2v) is 2.76. The van der Waals surface area contributed by atoms with Gasteiger partial charge in [-0.05, 0) is 5.92 Å². The standard InChI is InChI=1S/C8H16O3.C2H6/c1-4-6(2)7(11-3)5-8(9)10;1-2/h6-7H,4-5H2,1-3H3,(H,9,10);1-2H3. The molecule has 0 spiro atoms. The van der Waals surface area contributed by atoms with Crippen LogP contribution in [0.4, 0.5) is 0 Å². The first kappa shape index (κ1) is 14.9. The van der Waals surface area contributed by atoms with Crippen molar-refractivity contribution >= 4 is 5.97 Å². The molecule has 0 amide bonds. The minimum atomic E-state index is -0.794. The molecule has 2 unspecified atom stereocenters. The van der Waals surface area contributed by atoms with Gasteiger partial charge in [0.05, 0.1) is 12.5 Å². The maximum Gasteiger partial charge on any atom is 0.305 e. The van der Waals surface area contributed by atoms with E-state index in [9.17, 15) is 4.79 Å². The number of ether oxygens (including phenoxy) is 1. The highest BCUT2D eigenvalue weighted by atomic mass is 16.5. The summed E-state index contributed by atoms with van der Waals surface area (Å²) in [6, 6.07) is 0. The predicted molar refractivity (Wildman–Crippen MR) is 53.9 cm³/mol. The van der Waals surface area contributed by atoms with E-state index in [1.54, 1.807) is 7.11 Å². The number of hydrogen-bond acceptors (Lipinski definition) is 2. The fourth-order valence-corrected chi connectivity index (χ4v) is 0.952. The summed E-state index contributed by atoms with van der Waals surface area (Å²) in [7, 11) is 1.56. The maximum atomic E-state index is 10.3. The predicted octanol–water partition coefficient (Wildman–Crippen LogP) is 2.55. The summed E-state index contributed by atoms with van der Waals surface area (Å²) >= 11 is 0. The van der Waals surface area contributed by atoms with Gasteiger partial charge in [0.2, 0.25) is 0 Å². The lowest BCUT2D eigenvalue weighted by Gasteiger charge is -2.18. The van der Waals surface area contributed by atoms with Crippen molar-refractivity contribution in [3.05, 3.63) is 0 Å². The normalized spacial score (nSPS) is 13.9. The summed E-state index contributed by atoms with van der Waals surface area (Å²) in [6.07, 6.45) is 0.912. The van der Waals surface area contributed by atoms with E-state index in [2.05, 4.69) is 0 Å². The largest absolute Gasteiger partial charge is 0.481 e. The monoisotopic (exact) mass is 190 g/mol. The zero-order valence-corrected chi connectivity index (χ0v) is 9.33. The van der Waals surface area contributed by atoms with Crippen LogP contribution in [-0.2, 0) is 9.53 Å². The molecule has 2 atom stereocenters. The van der Waals surface area contributed by atoms with Gasteiger partial charge in [0, 0.05) is 7.11 Å². The Morgan fingerprint density at radius 2 is 1.92 bits per heavy atom. The van der Waals surface area contributed by atoms with Crippen molar-refractivity contribution in [3.63, 3.8) is 0 Å². The molecule has 0 aromatic carbocycles. The lowest BCUT2D eigenvalue weighted by molar-refractivity contribution is -0.140. The number of carboxylic acids is 1. The van der Waals surface area contributed by atoms with E-state index in [-0.39, 0.29) is 12.5 Å². The topological polar surface area (TPSA) is 46.5 Å². The van der Waals surface area contributed by atoms with Crippen LogP contribution in [0.2, 0.25) is 0 Å². The Labute approximate surface area is 81.1 Å². The van der Waals surface area contributed by atoms with Gasteiger partial charge in [-0.15, -0.1) is 0 Å². The van der Waals surface area contributed by atoms with Crippen molar-refractivity contribution in [1.29, 1.82) is 0 Å². The number of methoxy groups -OCH3 is 1. The average molecular weight is 190 g/mol. The Balaban J connectivity index is 0. The van der Waals surface area contributed by atoms with Crippen LogP contribution in [0, 0.1) is 5.92 Å². The lowest BCUT2D eigenvalue weighted by Crippen LogP contribution is -2.23. The van der Waals surface area contributed by atoms with Crippen LogP contribution in [0.25, 0.3) is 0 Å². The first-order valence-electron chi connectivity index (χ1n) is 4.86. The van der Waals surface area contributed by atoms with Crippen LogP contribution in [0.1, 0.15) is 40.5 Å². The van der Waals surface area contributed by atoms with Gasteiger partial charge in [-0.2, -0.15) is 0 Å². The SMILES string of the molecule is CC.CCC(C)C(CC(=O)O)OC. The Hall–Kier alpha value is -0.570. The van der Waals surface area contributed by atoms with Crippen molar-refractivity contribution in [3.8, 4) is 0 Å². The van der Waals surface area contributed by atoms with Crippen molar-refractivity contribution in [1.82, 2.24) is 0 Å². The molecule has 0 aromatic rings. The molecule has 0 rings (SSSR count). The molecule has 0 aliphatic carbocycles. The van der Waals surface area contributed by atoms with E-state index in [0.29, 0.717) is 5.92 Å². The summed E-state index contributed by atoms with van der Waals surface area (Å²) in [5, 5.41) is 8.48. The highest BCUT2D eigenvalue weighted by molar-refractivity contribution is 5.67. The Morgan fingerprint density at radius 3 is 2.15 bits per heavy atom. The van der Waals surface area contributed by atoms with Gasteiger partial charge in [0.15, 0.2) is 0 Å². The fourth-order valence-electron chi connectivity index (χ4n) is 0.952. The maximum absolute atomic E-state index is 10.3. The van der Waals surface area contributed by atoms with Crippen molar-refractivity contribution in [2.24, 2.45) is 5.92 Å². The molecule has 0 saturated heterocycles. The van der Waals surface area contributed by atoms with E-state index in [4.69, 9.17) is 9.84 Å². The minimum Gasteiger partial charge on any atom is -0.481 e. The van der Waals surface area contributed by atoms with Crippen molar-refractivity contribution in [2.75, 3.05) is 7.11 Å². The summed E-state index contributed by atoms with van der Waals surface area (Å²) in [4.78, 5) is 10.3. The first-order chi connectivity index (χ1) is 6.11. The van der Waals surface area contributed by atoms with Crippen LogP contribution in [0.15, 0.2) is 0 Å². The average Bonchev–Trinajstić information content (AvgIpc) is 2.16. The van der Waals surface area contributed by atoms with Crippen LogP contribution >= 0.6 is 0 Å². The number of carbonyl (C=O) groups is 1. The molecule has 0 bridgehead atoms. The first-order valence-corrected chi connectivity index (χ1v) is 4.86. The summed E-state index contributed by atoms with van der Waals surface area (Å²) in [5.41, 5.74) is 0. The number of carboxylic acid groups (broad SMARTS) is 1. The molecule has 0 aliphatic heterocycles. The molecule has 1 N–H and O–H groups in total. The highest BCUT2D eigenvalue weighted by Gasteiger charge is 2.17. The molecule has 0 fully saturated rings. The molecular weight excluding hydrogens is 168 g/mol. The van der Waals surface area contributed by atoms with E-state index in [1.165, 1.54) is 0 Å². The van der Waals surface area contributed by atoms with E-state index >= 15 is 0 Å². The van der Waals surface area contributed by atoms with Gasteiger partial charge >= 0.3 is 5.97 Å². The molecule has 80 valence electrons. The molecule has 3 nitrogen and oxygen atoms in total. The summed E-state index contributed by atoms with van der Waals surface area (Å²) in [5.74, 6) is -0.478. The van der Waals surface area contributed by atoms with Gasteiger partial charge in [-0.3, -0.25) is 4.79 Å². The molecule has 0 aromatic heterocycles. The van der Waals surface area contributed by atoms with Gasteiger partial charge in [0.1, 0.15) is 0 Å². The number of rotatable bonds is 5. The van der Waals surface area contributed by atoms with E-state index in [0.717, 1.165) is 6.42 Å². The minimum absolute atomic E-state index is 0.103. The molecule has 0 aliphatic rings. The van der Waals surface area contributed by atoms with Gasteiger partial charge in [-0.1, -0.05) is 34.1 Å². The molecule has 0 saturated carbocycles. The highest BCUT2D eigenvalue weighted by Crippen LogP contribution is 2.13. The molecule has 0 radical (unpaired) electrons. The fraction of sp³-hybridized carbons (Fsp3) is 0.900. The second-order valence-electron chi connectivity index (χ2n) is 2.76. The molecule has 0 heterocycles. The van der Waals surface area contributed by atoms with E-state index < -0.39 is 5.97 Å². The second kappa shape index (κ2) is 9.52.